The number of halogens is 6. The molecule has 1 aromatic carbocycles. The average molecular weight is 505 g/mol. The molecule has 190 valence electrons. The lowest BCUT2D eigenvalue weighted by atomic mass is 9.76. The third-order valence-corrected chi connectivity index (χ3v) is 6.12. The smallest absolute Gasteiger partial charge is 0.419 e. The number of benzene rings is 1. The highest BCUT2D eigenvalue weighted by molar-refractivity contribution is 5.96. The van der Waals surface area contributed by atoms with Gasteiger partial charge in [-0.3, -0.25) is 9.59 Å². The summed E-state index contributed by atoms with van der Waals surface area (Å²) in [7, 11) is 0.957. The van der Waals surface area contributed by atoms with Crippen LogP contribution in [0, 0.1) is 5.92 Å². The van der Waals surface area contributed by atoms with Gasteiger partial charge < -0.3 is 20.5 Å². The largest absolute Gasteiger partial charge is 0.496 e. The van der Waals surface area contributed by atoms with E-state index in [-0.39, 0.29) is 16.9 Å². The zero-order valence-corrected chi connectivity index (χ0v) is 18.6. The van der Waals surface area contributed by atoms with E-state index in [1.54, 1.807) is 0 Å². The number of rotatable bonds is 5. The summed E-state index contributed by atoms with van der Waals surface area (Å²) in [5.74, 6) is -5.53. The molecule has 1 aliphatic rings. The fraction of sp³-hybridized carbons (Fsp3) is 0.409. The van der Waals surface area contributed by atoms with Gasteiger partial charge >= 0.3 is 12.4 Å². The minimum Gasteiger partial charge on any atom is -0.496 e. The molecule has 1 aliphatic heterocycles. The van der Waals surface area contributed by atoms with Crippen LogP contribution in [0.25, 0.3) is 0 Å². The number of hydrogen-bond donors (Lipinski definition) is 2. The van der Waals surface area contributed by atoms with Crippen LogP contribution in [0.5, 0.6) is 5.75 Å². The fourth-order valence-electron chi connectivity index (χ4n) is 4.12. The predicted octanol–water partition coefficient (Wildman–Crippen LogP) is 4.29. The molecule has 1 saturated heterocycles. The van der Waals surface area contributed by atoms with Gasteiger partial charge in [0, 0.05) is 17.4 Å². The average Bonchev–Trinajstić information content (AvgIpc) is 3.04. The number of carbonyl (C=O) groups excluding carboxylic acids is 2. The number of pyridine rings is 1. The van der Waals surface area contributed by atoms with E-state index < -0.39 is 59.0 Å². The van der Waals surface area contributed by atoms with E-state index in [0.29, 0.717) is 0 Å². The number of nitrogens with two attached hydrogens (primary N) is 1. The number of hydrogen-bond acceptors (Lipinski definition) is 5. The Morgan fingerprint density at radius 3 is 2.29 bits per heavy atom. The van der Waals surface area contributed by atoms with E-state index in [4.69, 9.17) is 15.2 Å². The molecule has 35 heavy (non-hydrogen) atoms. The number of aromatic nitrogens is 1. The molecule has 2 heterocycles. The zero-order chi connectivity index (χ0) is 26.3. The lowest BCUT2D eigenvalue weighted by molar-refractivity contribution is -0.272. The maximum atomic E-state index is 14.0. The van der Waals surface area contributed by atoms with Crippen LogP contribution in [-0.2, 0) is 15.7 Å². The van der Waals surface area contributed by atoms with Gasteiger partial charge in [-0.15, -0.1) is 0 Å². The Morgan fingerprint density at radius 1 is 1.14 bits per heavy atom. The van der Waals surface area contributed by atoms with Gasteiger partial charge in [0.1, 0.15) is 17.5 Å². The highest BCUT2D eigenvalue weighted by Gasteiger charge is 2.66. The molecule has 1 aromatic heterocycles. The summed E-state index contributed by atoms with van der Waals surface area (Å²) in [6.45, 7) is 1.88. The molecule has 0 unspecified atom stereocenters. The molecule has 3 N–H and O–H groups in total. The molecule has 2 aromatic rings. The van der Waals surface area contributed by atoms with Crippen LogP contribution in [0.2, 0.25) is 0 Å². The molecule has 0 radical (unpaired) electrons. The maximum absolute atomic E-state index is 14.0. The van der Waals surface area contributed by atoms with Crippen molar-refractivity contribution in [3.8, 4) is 5.75 Å². The molecule has 1 fully saturated rings. The van der Waals surface area contributed by atoms with Gasteiger partial charge in [0.25, 0.3) is 11.8 Å². The Bertz CT molecular complexity index is 1120. The quantitative estimate of drug-likeness (QED) is 0.591. The maximum Gasteiger partial charge on any atom is 0.419 e. The Balaban J connectivity index is 2.08. The van der Waals surface area contributed by atoms with Crippen molar-refractivity contribution in [2.45, 2.75) is 43.8 Å². The third kappa shape index (κ3) is 4.77. The Labute approximate surface area is 195 Å². The summed E-state index contributed by atoms with van der Waals surface area (Å²) in [6, 6.07) is 5.35. The summed E-state index contributed by atoms with van der Waals surface area (Å²) >= 11 is 0. The van der Waals surface area contributed by atoms with E-state index in [2.05, 4.69) is 10.3 Å². The second kappa shape index (κ2) is 9.02. The summed E-state index contributed by atoms with van der Waals surface area (Å²) in [4.78, 5) is 28.0. The van der Waals surface area contributed by atoms with Crippen LogP contribution >= 0.6 is 0 Å². The predicted molar refractivity (Wildman–Crippen MR) is 111 cm³/mol. The molecular formula is C22H21F6N3O4. The molecular weight excluding hydrogens is 484 g/mol. The normalized spacial score (nSPS) is 24.8. The van der Waals surface area contributed by atoms with Crippen molar-refractivity contribution in [1.29, 1.82) is 0 Å². The topological polar surface area (TPSA) is 104 Å². The summed E-state index contributed by atoms with van der Waals surface area (Å²) in [6.07, 6.45) is -10.6. The molecule has 0 saturated carbocycles. The molecule has 4 atom stereocenters. The van der Waals surface area contributed by atoms with Crippen LogP contribution in [0.4, 0.5) is 32.0 Å². The highest BCUT2D eigenvalue weighted by atomic mass is 19.4. The number of anilines is 1. The van der Waals surface area contributed by atoms with Crippen molar-refractivity contribution in [2.24, 2.45) is 11.7 Å². The van der Waals surface area contributed by atoms with E-state index in [1.807, 2.05) is 0 Å². The molecule has 0 aliphatic carbocycles. The third-order valence-electron chi connectivity index (χ3n) is 6.12. The minimum atomic E-state index is -4.95. The molecule has 3 rings (SSSR count). The Morgan fingerprint density at radius 2 is 1.80 bits per heavy atom. The lowest BCUT2D eigenvalue weighted by Gasteiger charge is -2.32. The molecule has 7 nitrogen and oxygen atoms in total. The van der Waals surface area contributed by atoms with Crippen LogP contribution in [0.3, 0.4) is 0 Å². The van der Waals surface area contributed by atoms with Gasteiger partial charge in [-0.1, -0.05) is 19.1 Å². The van der Waals surface area contributed by atoms with Crippen LogP contribution < -0.4 is 15.8 Å². The number of primary amides is 1. The second-order valence-electron chi connectivity index (χ2n) is 8.17. The van der Waals surface area contributed by atoms with Crippen molar-refractivity contribution >= 4 is 17.5 Å². The number of methoxy groups -OCH3 is 1. The zero-order valence-electron chi connectivity index (χ0n) is 18.6. The van der Waals surface area contributed by atoms with Gasteiger partial charge in [-0.2, -0.15) is 26.3 Å². The standard InChI is InChI=1S/C22H21F6N3O4/c1-10-15(12-5-4-6-13(16(12)34-3)21(23,24)25)17(35-20(10,2)22(26,27)28)19(33)31-11-7-8-14(18(29)32)30-9-11/h4-10,15,17H,1-3H3,(H2,29,32)(H,31,33)/t10-,15-,17+,20+/m1/s1. The monoisotopic (exact) mass is 505 g/mol. The first-order chi connectivity index (χ1) is 16.1. The van der Waals surface area contributed by atoms with Gasteiger partial charge in [0.2, 0.25) is 0 Å². The van der Waals surface area contributed by atoms with Crippen LogP contribution in [-0.4, -0.2) is 41.8 Å². The number of carbonyl (C=O) groups is 2. The number of nitrogens with zero attached hydrogens (tertiary/aromatic N) is 1. The number of amides is 2. The van der Waals surface area contributed by atoms with Crippen molar-refractivity contribution in [3.05, 3.63) is 53.3 Å². The van der Waals surface area contributed by atoms with Crippen LogP contribution in [0.15, 0.2) is 36.5 Å². The first-order valence-electron chi connectivity index (χ1n) is 10.2. The number of para-hydroxylation sites is 1. The molecule has 13 heteroatoms. The van der Waals surface area contributed by atoms with Gasteiger partial charge in [-0.25, -0.2) is 4.98 Å². The van der Waals surface area contributed by atoms with Crippen molar-refractivity contribution in [1.82, 2.24) is 4.98 Å². The first-order valence-corrected chi connectivity index (χ1v) is 10.2. The number of ether oxygens (including phenoxy) is 2. The molecule has 2 amide bonds. The van der Waals surface area contributed by atoms with Gasteiger partial charge in [-0.05, 0) is 25.1 Å². The number of nitrogens with one attached hydrogen (secondary N) is 1. The summed E-state index contributed by atoms with van der Waals surface area (Å²) in [5.41, 5.74) is 0.670. The minimum absolute atomic E-state index is 0.00613. The van der Waals surface area contributed by atoms with E-state index in [0.717, 1.165) is 39.3 Å². The number of alkyl halides is 6. The summed E-state index contributed by atoms with van der Waals surface area (Å²) < 4.78 is 92.9. The van der Waals surface area contributed by atoms with E-state index in [1.165, 1.54) is 18.2 Å². The van der Waals surface area contributed by atoms with Crippen molar-refractivity contribution < 1.29 is 45.4 Å². The van der Waals surface area contributed by atoms with Crippen LogP contribution in [0.1, 0.15) is 41.4 Å². The highest BCUT2D eigenvalue weighted by Crippen LogP contribution is 2.55. The van der Waals surface area contributed by atoms with Gasteiger partial charge in [0.15, 0.2) is 5.60 Å². The van der Waals surface area contributed by atoms with E-state index in [9.17, 15) is 35.9 Å². The van der Waals surface area contributed by atoms with E-state index >= 15 is 0 Å². The summed E-state index contributed by atoms with van der Waals surface area (Å²) in [5, 5.41) is 2.33. The molecule has 0 bridgehead atoms. The fourth-order valence-corrected chi connectivity index (χ4v) is 4.12. The van der Waals surface area contributed by atoms with Gasteiger partial charge in [0.05, 0.1) is 24.6 Å². The second-order valence-corrected chi connectivity index (χ2v) is 8.17. The van der Waals surface area contributed by atoms with Crippen molar-refractivity contribution in [3.63, 3.8) is 0 Å². The lowest BCUT2D eigenvalue weighted by Crippen LogP contribution is -2.47. The van der Waals surface area contributed by atoms with Crippen molar-refractivity contribution in [2.75, 3.05) is 12.4 Å². The Hall–Kier alpha value is -3.35. The Kier molecular flexibility index (Phi) is 6.77. The SMILES string of the molecule is COc1c([C@@H]2[C@@H](C(=O)Nc3ccc(C(N)=O)nc3)O[C@](C)(C(F)(F)F)[C@@H]2C)cccc1C(F)(F)F. The molecule has 0 spiro atoms. The first kappa shape index (κ1) is 26.3.